The molecule has 38 heavy (non-hydrogen) atoms. The van der Waals surface area contributed by atoms with Crippen LogP contribution in [-0.2, 0) is 10.0 Å². The summed E-state index contributed by atoms with van der Waals surface area (Å²) in [5, 5.41) is 14.7. The Bertz CT molecular complexity index is 1780. The molecular formula is C28H26N6O3S. The van der Waals surface area contributed by atoms with Crippen LogP contribution < -0.4 is 16.2 Å². The van der Waals surface area contributed by atoms with Gasteiger partial charge in [0.25, 0.3) is 5.91 Å². The summed E-state index contributed by atoms with van der Waals surface area (Å²) in [5.74, 6) is 0.158. The van der Waals surface area contributed by atoms with E-state index < -0.39 is 10.0 Å². The monoisotopic (exact) mass is 526 g/mol. The van der Waals surface area contributed by atoms with Gasteiger partial charge in [0.05, 0.1) is 16.3 Å². The number of carbonyl (C=O) groups excluding carboxylic acids is 1. The smallest absolute Gasteiger partial charge is 0.274 e. The molecule has 10 heteroatoms. The van der Waals surface area contributed by atoms with Gasteiger partial charge >= 0.3 is 0 Å². The zero-order valence-corrected chi connectivity index (χ0v) is 21.6. The first kappa shape index (κ1) is 25.1. The maximum atomic E-state index is 13.4. The second kappa shape index (κ2) is 9.73. The number of anilines is 2. The van der Waals surface area contributed by atoms with Crippen LogP contribution in [0.4, 0.5) is 11.5 Å². The lowest BCUT2D eigenvalue weighted by Crippen LogP contribution is -2.17. The lowest BCUT2D eigenvalue weighted by molar-refractivity contribution is 0.101. The summed E-state index contributed by atoms with van der Waals surface area (Å²) in [5.41, 5.74) is 9.57. The first-order valence-electron chi connectivity index (χ1n) is 11.9. The third-order valence-corrected chi connectivity index (χ3v) is 7.19. The number of nitrogens with zero attached hydrogens (tertiary/aromatic N) is 3. The quantitative estimate of drug-likeness (QED) is 0.292. The molecule has 0 unspecified atom stereocenters. The lowest BCUT2D eigenvalue weighted by Gasteiger charge is -2.11. The van der Waals surface area contributed by atoms with Crippen LogP contribution >= 0.6 is 0 Å². The highest BCUT2D eigenvalue weighted by Gasteiger charge is 2.20. The second-order valence-corrected chi connectivity index (χ2v) is 10.7. The SMILES string of the molecule is CC(C)c1cc(C(=O)Nc2ccc(-c3ccccc3S(N)(=O)=O)cc2)n(-c2ccc3ccnc(N)c3c2)n1. The Morgan fingerprint density at radius 3 is 2.42 bits per heavy atom. The Kier molecular flexibility index (Phi) is 6.43. The number of carbonyl (C=O) groups is 1. The Morgan fingerprint density at radius 2 is 1.71 bits per heavy atom. The number of rotatable bonds is 6. The molecule has 0 aliphatic rings. The van der Waals surface area contributed by atoms with E-state index >= 15 is 0 Å². The molecular weight excluding hydrogens is 500 g/mol. The van der Waals surface area contributed by atoms with Crippen molar-refractivity contribution in [1.29, 1.82) is 0 Å². The van der Waals surface area contributed by atoms with E-state index in [1.807, 2.05) is 38.1 Å². The van der Waals surface area contributed by atoms with Gasteiger partial charge in [0.15, 0.2) is 0 Å². The van der Waals surface area contributed by atoms with Crippen LogP contribution in [0.2, 0.25) is 0 Å². The molecule has 5 aromatic rings. The average molecular weight is 527 g/mol. The molecule has 192 valence electrons. The van der Waals surface area contributed by atoms with Crippen molar-refractivity contribution in [1.82, 2.24) is 14.8 Å². The van der Waals surface area contributed by atoms with Crippen molar-refractivity contribution in [3.05, 3.63) is 96.4 Å². The van der Waals surface area contributed by atoms with Gasteiger partial charge in [-0.05, 0) is 59.3 Å². The van der Waals surface area contributed by atoms with Crippen molar-refractivity contribution in [3.8, 4) is 16.8 Å². The Balaban J connectivity index is 1.47. The van der Waals surface area contributed by atoms with E-state index in [2.05, 4.69) is 10.3 Å². The van der Waals surface area contributed by atoms with Crippen molar-refractivity contribution < 1.29 is 13.2 Å². The van der Waals surface area contributed by atoms with E-state index in [4.69, 9.17) is 16.0 Å². The minimum absolute atomic E-state index is 0.0353. The maximum absolute atomic E-state index is 13.4. The summed E-state index contributed by atoms with van der Waals surface area (Å²) < 4.78 is 25.6. The number of benzene rings is 3. The zero-order chi connectivity index (χ0) is 27.0. The molecule has 0 saturated heterocycles. The number of primary sulfonamides is 1. The number of amides is 1. The van der Waals surface area contributed by atoms with Crippen LogP contribution in [0.5, 0.6) is 0 Å². The predicted octanol–water partition coefficient (Wildman–Crippen LogP) is 4.69. The molecule has 3 aromatic carbocycles. The number of nitrogens with two attached hydrogens (primary N) is 2. The summed E-state index contributed by atoms with van der Waals surface area (Å²) >= 11 is 0. The lowest BCUT2D eigenvalue weighted by atomic mass is 10.1. The van der Waals surface area contributed by atoms with Gasteiger partial charge in [-0.15, -0.1) is 0 Å². The van der Waals surface area contributed by atoms with Crippen molar-refractivity contribution >= 4 is 38.2 Å². The van der Waals surface area contributed by atoms with E-state index in [9.17, 15) is 13.2 Å². The molecule has 2 heterocycles. The topological polar surface area (TPSA) is 146 Å². The fourth-order valence-electron chi connectivity index (χ4n) is 4.23. The number of fused-ring (bicyclic) bond motifs is 1. The Morgan fingerprint density at radius 1 is 0.974 bits per heavy atom. The van der Waals surface area contributed by atoms with E-state index in [0.29, 0.717) is 34.0 Å². The molecule has 0 aliphatic heterocycles. The van der Waals surface area contributed by atoms with Gasteiger partial charge in [-0.3, -0.25) is 4.79 Å². The van der Waals surface area contributed by atoms with Gasteiger partial charge in [-0.2, -0.15) is 5.10 Å². The number of aromatic nitrogens is 3. The summed E-state index contributed by atoms with van der Waals surface area (Å²) in [7, 11) is -3.89. The largest absolute Gasteiger partial charge is 0.383 e. The van der Waals surface area contributed by atoms with E-state index in [-0.39, 0.29) is 16.7 Å². The fraction of sp³-hybridized carbons (Fsp3) is 0.107. The van der Waals surface area contributed by atoms with Crippen LogP contribution in [-0.4, -0.2) is 29.1 Å². The molecule has 0 aliphatic carbocycles. The van der Waals surface area contributed by atoms with Crippen molar-refractivity contribution in [2.45, 2.75) is 24.7 Å². The average Bonchev–Trinajstić information content (AvgIpc) is 3.35. The van der Waals surface area contributed by atoms with Crippen molar-refractivity contribution in [2.24, 2.45) is 5.14 Å². The molecule has 0 atom stereocenters. The molecule has 5 rings (SSSR count). The summed E-state index contributed by atoms with van der Waals surface area (Å²) in [4.78, 5) is 17.6. The Hall–Kier alpha value is -4.54. The minimum atomic E-state index is -3.89. The van der Waals surface area contributed by atoms with Crippen LogP contribution in [0.15, 0.2) is 90.0 Å². The molecule has 9 nitrogen and oxygen atoms in total. The normalized spacial score (nSPS) is 11.7. The molecule has 0 fully saturated rings. The highest BCUT2D eigenvalue weighted by Crippen LogP contribution is 2.28. The number of pyridine rings is 1. The van der Waals surface area contributed by atoms with Gasteiger partial charge in [0, 0.05) is 22.8 Å². The van der Waals surface area contributed by atoms with E-state index in [0.717, 1.165) is 16.5 Å². The third-order valence-electron chi connectivity index (χ3n) is 6.22. The van der Waals surface area contributed by atoms with Crippen LogP contribution in [0.1, 0.15) is 35.9 Å². The zero-order valence-electron chi connectivity index (χ0n) is 20.8. The van der Waals surface area contributed by atoms with Crippen LogP contribution in [0.3, 0.4) is 0 Å². The van der Waals surface area contributed by atoms with E-state index in [1.165, 1.54) is 6.07 Å². The maximum Gasteiger partial charge on any atom is 0.274 e. The van der Waals surface area contributed by atoms with Gasteiger partial charge < -0.3 is 11.1 Å². The highest BCUT2D eigenvalue weighted by atomic mass is 32.2. The third kappa shape index (κ3) is 4.86. The molecule has 0 saturated carbocycles. The predicted molar refractivity (Wildman–Crippen MR) is 149 cm³/mol. The van der Waals surface area contributed by atoms with E-state index in [1.54, 1.807) is 59.4 Å². The van der Waals surface area contributed by atoms with Crippen molar-refractivity contribution in [3.63, 3.8) is 0 Å². The highest BCUT2D eigenvalue weighted by molar-refractivity contribution is 7.89. The van der Waals surface area contributed by atoms with Gasteiger partial charge in [-0.1, -0.05) is 50.2 Å². The van der Waals surface area contributed by atoms with Crippen LogP contribution in [0, 0.1) is 0 Å². The number of hydrogen-bond acceptors (Lipinski definition) is 6. The Labute approximate surface area is 220 Å². The van der Waals surface area contributed by atoms with Gasteiger partial charge in [0.1, 0.15) is 11.5 Å². The summed E-state index contributed by atoms with van der Waals surface area (Å²) in [6, 6.07) is 22.7. The van der Waals surface area contributed by atoms with Gasteiger partial charge in [0.2, 0.25) is 10.0 Å². The molecule has 5 N–H and O–H groups in total. The standard InChI is InChI=1S/C28H26N6O3S/c1-17(2)24-16-25(34(33-24)21-12-9-19-13-14-31-27(29)23(19)15-21)28(35)32-20-10-7-18(8-11-20)22-5-3-4-6-26(22)38(30,36)37/h3-17H,1-2H3,(H2,29,31)(H,32,35)(H2,30,36,37). The van der Waals surface area contributed by atoms with Gasteiger partial charge in [-0.25, -0.2) is 23.2 Å². The van der Waals surface area contributed by atoms with Crippen LogP contribution in [0.25, 0.3) is 27.6 Å². The number of nitrogen functional groups attached to an aromatic ring is 1. The summed E-state index contributed by atoms with van der Waals surface area (Å²) in [6.07, 6.45) is 1.65. The molecule has 0 bridgehead atoms. The number of hydrogen-bond donors (Lipinski definition) is 3. The molecule has 1 amide bonds. The molecule has 2 aromatic heterocycles. The number of sulfonamides is 1. The first-order valence-corrected chi connectivity index (χ1v) is 13.4. The minimum Gasteiger partial charge on any atom is -0.383 e. The molecule has 0 spiro atoms. The van der Waals surface area contributed by atoms with Crippen molar-refractivity contribution in [2.75, 3.05) is 11.1 Å². The summed E-state index contributed by atoms with van der Waals surface area (Å²) in [6.45, 7) is 4.02. The fourth-order valence-corrected chi connectivity index (χ4v) is 4.99. The first-order chi connectivity index (χ1) is 18.1. The second-order valence-electron chi connectivity index (χ2n) is 9.20. The molecule has 0 radical (unpaired) electrons. The number of nitrogens with one attached hydrogen (secondary N) is 1.